The van der Waals surface area contributed by atoms with Crippen LogP contribution in [-0.4, -0.2) is 68.2 Å². The van der Waals surface area contributed by atoms with Gasteiger partial charge < -0.3 is 41.2 Å². The van der Waals surface area contributed by atoms with Crippen molar-refractivity contribution in [3.8, 4) is 5.75 Å². The second-order valence-corrected chi connectivity index (χ2v) is 12.1. The van der Waals surface area contributed by atoms with Gasteiger partial charge in [-0.05, 0) is 80.1 Å². The van der Waals surface area contributed by atoms with E-state index in [9.17, 15) is 14.7 Å². The highest BCUT2D eigenvalue weighted by atomic mass is 16.5. The first kappa shape index (κ1) is 42.4. The van der Waals surface area contributed by atoms with Crippen LogP contribution in [0.2, 0.25) is 0 Å². The zero-order valence-corrected chi connectivity index (χ0v) is 31.7. The highest BCUT2D eigenvalue weighted by Gasteiger charge is 2.08. The Kier molecular flexibility index (Phi) is 19.1. The Morgan fingerprint density at radius 1 is 0.741 bits per heavy atom. The first-order chi connectivity index (χ1) is 26.2. The van der Waals surface area contributed by atoms with Crippen molar-refractivity contribution in [2.24, 2.45) is 9.98 Å². The first-order valence-corrected chi connectivity index (χ1v) is 18.0. The average molecular weight is 736 g/mol. The van der Waals surface area contributed by atoms with Crippen molar-refractivity contribution in [2.45, 2.75) is 40.7 Å². The summed E-state index contributed by atoms with van der Waals surface area (Å²) in [6, 6.07) is 30.7. The zero-order chi connectivity index (χ0) is 39.0. The van der Waals surface area contributed by atoms with Gasteiger partial charge in [-0.25, -0.2) is 4.99 Å². The number of aromatic hydroxyl groups is 1. The molecule has 0 aliphatic heterocycles. The van der Waals surface area contributed by atoms with Crippen molar-refractivity contribution in [3.05, 3.63) is 138 Å². The largest absolute Gasteiger partial charge is 0.508 e. The molecule has 54 heavy (non-hydrogen) atoms. The number of carbonyl (C=O) groups is 2. The highest BCUT2D eigenvalue weighted by Crippen LogP contribution is 2.15. The molecule has 0 radical (unpaired) electrons. The van der Waals surface area contributed by atoms with E-state index in [2.05, 4.69) is 57.0 Å². The normalized spacial score (nSPS) is 11.1. The third-order valence-electron chi connectivity index (χ3n) is 7.17. The number of aliphatic imine (C=N–C) groups is 2. The van der Waals surface area contributed by atoms with Crippen LogP contribution >= 0.6 is 0 Å². The van der Waals surface area contributed by atoms with Crippen LogP contribution in [0, 0.1) is 6.92 Å². The van der Waals surface area contributed by atoms with Gasteiger partial charge in [-0.15, -0.1) is 0 Å². The molecular formula is C42H53N7O5. The van der Waals surface area contributed by atoms with Gasteiger partial charge in [0.25, 0.3) is 11.8 Å². The molecule has 12 nitrogen and oxygen atoms in total. The molecule has 0 heterocycles. The number of phenols is 1. The Bertz CT molecular complexity index is 1790. The van der Waals surface area contributed by atoms with Gasteiger partial charge in [0.15, 0.2) is 0 Å². The lowest BCUT2D eigenvalue weighted by molar-refractivity contribution is 0.0512. The van der Waals surface area contributed by atoms with Crippen LogP contribution in [0.4, 0.5) is 11.4 Å². The van der Waals surface area contributed by atoms with Crippen LogP contribution in [0.5, 0.6) is 5.75 Å². The monoisotopic (exact) mass is 735 g/mol. The van der Waals surface area contributed by atoms with Gasteiger partial charge in [0.05, 0.1) is 33.0 Å². The molecule has 0 spiro atoms. The van der Waals surface area contributed by atoms with Gasteiger partial charge >= 0.3 is 0 Å². The van der Waals surface area contributed by atoms with Crippen LogP contribution < -0.4 is 26.6 Å². The number of hydrogen-bond donors (Lipinski definition) is 6. The summed E-state index contributed by atoms with van der Waals surface area (Å²) in [6.07, 6.45) is 1.25. The van der Waals surface area contributed by atoms with Crippen molar-refractivity contribution in [1.82, 2.24) is 16.0 Å². The topological polar surface area (TPSA) is 158 Å². The summed E-state index contributed by atoms with van der Waals surface area (Å²) < 4.78 is 11.1. The molecule has 0 saturated carbocycles. The van der Waals surface area contributed by atoms with E-state index >= 15 is 0 Å². The summed E-state index contributed by atoms with van der Waals surface area (Å²) >= 11 is 0. The molecule has 4 aromatic rings. The zero-order valence-electron chi connectivity index (χ0n) is 31.7. The third kappa shape index (κ3) is 17.0. The smallest absolute Gasteiger partial charge is 0.251 e. The summed E-state index contributed by atoms with van der Waals surface area (Å²) in [5.41, 5.74) is 4.73. The summed E-state index contributed by atoms with van der Waals surface area (Å²) in [6.45, 7) is 14.9. The molecule has 0 saturated heterocycles. The minimum absolute atomic E-state index is 0.134. The maximum absolute atomic E-state index is 12.7. The van der Waals surface area contributed by atoms with Crippen molar-refractivity contribution in [1.29, 1.82) is 0 Å². The Morgan fingerprint density at radius 3 is 2.04 bits per heavy atom. The number of nitrogens with one attached hydrogen (secondary N) is 5. The van der Waals surface area contributed by atoms with E-state index < -0.39 is 0 Å². The summed E-state index contributed by atoms with van der Waals surface area (Å²) in [5, 5.41) is 24.9. The number of benzene rings is 4. The van der Waals surface area contributed by atoms with Crippen LogP contribution in [0.3, 0.4) is 0 Å². The predicted molar refractivity (Wildman–Crippen MR) is 218 cm³/mol. The molecule has 286 valence electrons. The van der Waals surface area contributed by atoms with E-state index in [1.165, 1.54) is 6.42 Å². The Labute approximate surface area is 318 Å². The fourth-order valence-corrected chi connectivity index (χ4v) is 4.65. The molecule has 0 unspecified atom stereocenters. The summed E-state index contributed by atoms with van der Waals surface area (Å²) in [7, 11) is 0. The highest BCUT2D eigenvalue weighted by molar-refractivity contribution is 6.02. The molecule has 12 heteroatoms. The first-order valence-electron chi connectivity index (χ1n) is 18.0. The molecule has 2 amide bonds. The van der Waals surface area contributed by atoms with E-state index in [0.717, 1.165) is 16.8 Å². The number of anilines is 2. The Hall–Kier alpha value is -5.98. The van der Waals surface area contributed by atoms with Gasteiger partial charge in [-0.1, -0.05) is 74.9 Å². The van der Waals surface area contributed by atoms with Gasteiger partial charge in [-0.2, -0.15) is 0 Å². The van der Waals surface area contributed by atoms with Crippen LogP contribution in [0.15, 0.2) is 126 Å². The number of amides is 2. The molecule has 0 aliphatic rings. The number of hydrogen-bond acceptors (Lipinski definition) is 7. The Morgan fingerprint density at radius 2 is 1.35 bits per heavy atom. The molecule has 0 fully saturated rings. The van der Waals surface area contributed by atoms with Gasteiger partial charge in [0.1, 0.15) is 17.4 Å². The number of aryl methyl sites for hydroxylation is 1. The molecular weight excluding hydrogens is 683 g/mol. The molecule has 0 atom stereocenters. The molecule has 0 bridgehead atoms. The van der Waals surface area contributed by atoms with Crippen molar-refractivity contribution >= 4 is 35.0 Å². The van der Waals surface area contributed by atoms with Gasteiger partial charge in [-0.3, -0.25) is 14.6 Å². The van der Waals surface area contributed by atoms with E-state index in [1.54, 1.807) is 67.6 Å². The fraction of sp³-hybridized carbons (Fsp3) is 0.286. The lowest BCUT2D eigenvalue weighted by Gasteiger charge is -2.16. The second kappa shape index (κ2) is 24.3. The summed E-state index contributed by atoms with van der Waals surface area (Å²) in [5.74, 6) is 1.11. The minimum Gasteiger partial charge on any atom is -0.508 e. The van der Waals surface area contributed by atoms with Crippen molar-refractivity contribution in [2.75, 3.05) is 50.2 Å². The SMILES string of the molecule is C=C(NC(=NC(C)=NCCOCCOCCNC(=O)c1ccccc1)Nc1ccc(O)cc1)Nc1ccc(C(=O)NCc2cccc(C)c2)cc1.CCC. The van der Waals surface area contributed by atoms with Crippen LogP contribution in [0.25, 0.3) is 0 Å². The van der Waals surface area contributed by atoms with E-state index in [-0.39, 0.29) is 17.6 Å². The molecule has 6 N–H and O–H groups in total. The Balaban J connectivity index is 0.00000253. The molecule has 4 rings (SSSR count). The number of carbonyl (C=O) groups excluding carboxylic acids is 2. The standard InChI is InChI=1S/C39H45N7O5.C3H8/c1-28-8-7-9-31(26-28)27-42-38(49)33-12-14-34(15-13-33)43-30(3)45-39(46-35-16-18-36(47)19-17-35)44-29(2)40-20-22-50-24-25-51-23-21-41-37(48)32-10-5-4-6-11-32;1-3-2/h4-19,26,43,47H,3,20-25,27H2,1-2H3,(H,41,48)(H,42,49)(H2,40,44,45,46);3H2,1-2H3. The average Bonchev–Trinajstić information content (AvgIpc) is 3.16. The number of phenolic OH excluding ortho intramolecular Hbond substituents is 1. The van der Waals surface area contributed by atoms with Crippen molar-refractivity contribution < 1.29 is 24.2 Å². The number of nitrogens with zero attached hydrogens (tertiary/aromatic N) is 2. The summed E-state index contributed by atoms with van der Waals surface area (Å²) in [4.78, 5) is 33.8. The lowest BCUT2D eigenvalue weighted by atomic mass is 10.1. The van der Waals surface area contributed by atoms with Crippen molar-refractivity contribution in [3.63, 3.8) is 0 Å². The van der Waals surface area contributed by atoms with E-state index in [1.807, 2.05) is 49.4 Å². The third-order valence-corrected chi connectivity index (χ3v) is 7.17. The van der Waals surface area contributed by atoms with Gasteiger partial charge in [0, 0.05) is 35.6 Å². The molecule has 0 aliphatic carbocycles. The van der Waals surface area contributed by atoms with E-state index in [0.29, 0.717) is 80.5 Å². The number of amidine groups is 1. The second-order valence-electron chi connectivity index (χ2n) is 12.1. The predicted octanol–water partition coefficient (Wildman–Crippen LogP) is 6.87. The van der Waals surface area contributed by atoms with Crippen LogP contribution in [-0.2, 0) is 16.0 Å². The maximum atomic E-state index is 12.7. The minimum atomic E-state index is -0.164. The number of ether oxygens (including phenoxy) is 2. The van der Waals surface area contributed by atoms with Crippen LogP contribution in [0.1, 0.15) is 59.0 Å². The number of guanidine groups is 1. The molecule has 4 aromatic carbocycles. The quantitative estimate of drug-likeness (QED) is 0.0297. The van der Waals surface area contributed by atoms with E-state index in [4.69, 9.17) is 9.47 Å². The lowest BCUT2D eigenvalue weighted by Crippen LogP contribution is -2.33. The molecule has 0 aromatic heterocycles. The maximum Gasteiger partial charge on any atom is 0.251 e. The fourth-order valence-electron chi connectivity index (χ4n) is 4.65. The van der Waals surface area contributed by atoms with Gasteiger partial charge in [0.2, 0.25) is 5.96 Å². The number of rotatable bonds is 17.